The molecule has 0 aromatic heterocycles. The zero-order chi connectivity index (χ0) is 23.0. The lowest BCUT2D eigenvalue weighted by Gasteiger charge is -2.32. The smallest absolute Gasteiger partial charge is 0.334 e. The number of carbonyl (C=O) groups is 3. The molecule has 0 aromatic rings. The molecule has 172 valence electrons. The molecule has 0 radical (unpaired) electrons. The van der Waals surface area contributed by atoms with Gasteiger partial charge in [0.1, 0.15) is 17.8 Å². The van der Waals surface area contributed by atoms with Gasteiger partial charge in [-0.15, -0.1) is 0 Å². The van der Waals surface area contributed by atoms with Crippen LogP contribution in [0.2, 0.25) is 0 Å². The summed E-state index contributed by atoms with van der Waals surface area (Å²) in [6, 6.07) is 0. The van der Waals surface area contributed by atoms with Gasteiger partial charge in [-0.25, -0.2) is 4.79 Å². The summed E-state index contributed by atoms with van der Waals surface area (Å²) in [5.74, 6) is -1.50. The van der Waals surface area contributed by atoms with Crippen LogP contribution in [0.1, 0.15) is 66.7 Å². The second-order valence-electron chi connectivity index (χ2n) is 9.61. The fourth-order valence-corrected chi connectivity index (χ4v) is 4.88. The maximum absolute atomic E-state index is 12.3. The zero-order valence-corrected chi connectivity index (χ0v) is 19.1. The summed E-state index contributed by atoms with van der Waals surface area (Å²) in [6.45, 7) is 12.6. The summed E-state index contributed by atoms with van der Waals surface area (Å²) in [4.78, 5) is 35.9. The molecule has 0 bridgehead atoms. The summed E-state index contributed by atoms with van der Waals surface area (Å²) in [7, 11) is 0. The largest absolute Gasteiger partial charge is 0.458 e. The van der Waals surface area contributed by atoms with Gasteiger partial charge in [-0.2, -0.15) is 0 Å². The molecule has 2 heterocycles. The van der Waals surface area contributed by atoms with E-state index in [1.54, 1.807) is 0 Å². The molecule has 7 atom stereocenters. The van der Waals surface area contributed by atoms with Crippen LogP contribution in [0.25, 0.3) is 0 Å². The number of fused-ring (bicyclic) bond motifs is 2. The molecule has 7 nitrogen and oxygen atoms in total. The van der Waals surface area contributed by atoms with Gasteiger partial charge in [0.15, 0.2) is 0 Å². The minimum absolute atomic E-state index is 0.0601. The zero-order valence-electron chi connectivity index (χ0n) is 19.1. The second kappa shape index (κ2) is 8.77. The molecule has 2 aliphatic heterocycles. The number of esters is 3. The van der Waals surface area contributed by atoms with E-state index in [4.69, 9.17) is 18.9 Å². The molecule has 31 heavy (non-hydrogen) atoms. The molecule has 1 aliphatic carbocycles. The Kier molecular flexibility index (Phi) is 6.65. The first-order valence-corrected chi connectivity index (χ1v) is 11.1. The van der Waals surface area contributed by atoms with E-state index in [9.17, 15) is 14.4 Å². The third-order valence-corrected chi connectivity index (χ3v) is 6.74. The average molecular weight is 435 g/mol. The number of epoxide rings is 1. The molecule has 0 aromatic carbocycles. The summed E-state index contributed by atoms with van der Waals surface area (Å²) < 4.78 is 22.9. The van der Waals surface area contributed by atoms with Gasteiger partial charge < -0.3 is 18.9 Å². The number of hydrogen-bond donors (Lipinski definition) is 0. The van der Waals surface area contributed by atoms with Gasteiger partial charge in [-0.1, -0.05) is 19.6 Å². The summed E-state index contributed by atoms with van der Waals surface area (Å²) in [6.07, 6.45) is 6.07. The molecule has 0 saturated carbocycles. The lowest BCUT2D eigenvalue weighted by Crippen LogP contribution is -2.41. The van der Waals surface area contributed by atoms with Crippen LogP contribution >= 0.6 is 0 Å². The number of ether oxygens (including phenoxy) is 4. The van der Waals surface area contributed by atoms with E-state index in [0.29, 0.717) is 31.3 Å². The molecular weight excluding hydrogens is 400 g/mol. The van der Waals surface area contributed by atoms with Crippen LogP contribution in [0.15, 0.2) is 24.3 Å². The maximum Gasteiger partial charge on any atom is 0.334 e. The van der Waals surface area contributed by atoms with Gasteiger partial charge in [0.05, 0.1) is 11.7 Å². The standard InChI is InChI=1S/C24H34O7/c1-14-9-7-10-23(5,30-17(4)26)11-8-12-24(6)19(31-24)13-18-15(2)22(27)29-21(18)20(14)28-16(3)25/h8,11,14,18-21H,2,7,9-10,12-13H2,1,3-6H3/b11-8-/t14-,18-,19+,20+,21+,23?,24+/m0/s1. The minimum Gasteiger partial charge on any atom is -0.458 e. The average Bonchev–Trinajstić information content (AvgIpc) is 3.20. The van der Waals surface area contributed by atoms with Crippen molar-refractivity contribution in [2.75, 3.05) is 0 Å². The number of carbonyl (C=O) groups excluding carboxylic acids is 3. The normalized spacial score (nSPS) is 41.8. The van der Waals surface area contributed by atoms with Crippen molar-refractivity contribution in [3.8, 4) is 0 Å². The fraction of sp³-hybridized carbons (Fsp3) is 0.708. The van der Waals surface area contributed by atoms with Gasteiger partial charge in [0.25, 0.3) is 0 Å². The minimum atomic E-state index is -0.718. The SMILES string of the molecule is C=C1C(=O)O[C@H]2[C@H](OC(C)=O)[C@@H](C)CCCC(C)(OC(C)=O)/C=C\C[C@@]3(C)O[C@@H]3C[C@@H]12. The van der Waals surface area contributed by atoms with Crippen molar-refractivity contribution < 1.29 is 33.3 Å². The van der Waals surface area contributed by atoms with Crippen LogP contribution in [0.4, 0.5) is 0 Å². The molecule has 1 unspecified atom stereocenters. The van der Waals surface area contributed by atoms with Gasteiger partial charge >= 0.3 is 17.9 Å². The van der Waals surface area contributed by atoms with Crippen molar-refractivity contribution in [3.05, 3.63) is 24.3 Å². The highest BCUT2D eigenvalue weighted by molar-refractivity contribution is 5.91. The molecule has 0 N–H and O–H groups in total. The van der Waals surface area contributed by atoms with E-state index >= 15 is 0 Å². The molecule has 7 heteroatoms. The lowest BCUT2D eigenvalue weighted by atomic mass is 9.81. The summed E-state index contributed by atoms with van der Waals surface area (Å²) in [5, 5.41) is 0. The number of hydrogen-bond acceptors (Lipinski definition) is 7. The molecule has 0 spiro atoms. The molecular formula is C24H34O7. The summed E-state index contributed by atoms with van der Waals surface area (Å²) in [5.41, 5.74) is -0.668. The van der Waals surface area contributed by atoms with Crippen molar-refractivity contribution >= 4 is 17.9 Å². The van der Waals surface area contributed by atoms with E-state index in [0.717, 1.165) is 6.42 Å². The van der Waals surface area contributed by atoms with Crippen LogP contribution in [0, 0.1) is 11.8 Å². The number of rotatable bonds is 2. The van der Waals surface area contributed by atoms with E-state index < -0.39 is 29.7 Å². The Labute approximate surface area is 184 Å². The highest BCUT2D eigenvalue weighted by Crippen LogP contribution is 2.47. The highest BCUT2D eigenvalue weighted by atomic mass is 16.6. The Morgan fingerprint density at radius 1 is 1.23 bits per heavy atom. The van der Waals surface area contributed by atoms with Crippen LogP contribution in [-0.4, -0.2) is 47.4 Å². The van der Waals surface area contributed by atoms with Crippen molar-refractivity contribution in [2.24, 2.45) is 11.8 Å². The second-order valence-corrected chi connectivity index (χ2v) is 9.61. The van der Waals surface area contributed by atoms with Gasteiger partial charge in [0, 0.05) is 25.3 Å². The predicted octanol–water partition coefficient (Wildman–Crippen LogP) is 3.65. The summed E-state index contributed by atoms with van der Waals surface area (Å²) >= 11 is 0. The van der Waals surface area contributed by atoms with Crippen molar-refractivity contribution in [1.82, 2.24) is 0 Å². The molecule has 0 amide bonds. The first-order chi connectivity index (χ1) is 14.4. The molecule has 2 saturated heterocycles. The molecule has 2 fully saturated rings. The Balaban J connectivity index is 1.89. The van der Waals surface area contributed by atoms with Crippen LogP contribution in [-0.2, 0) is 33.3 Å². The van der Waals surface area contributed by atoms with Crippen LogP contribution in [0.3, 0.4) is 0 Å². The topological polar surface area (TPSA) is 91.4 Å². The van der Waals surface area contributed by atoms with Crippen molar-refractivity contribution in [1.29, 1.82) is 0 Å². The Morgan fingerprint density at radius 3 is 2.58 bits per heavy atom. The van der Waals surface area contributed by atoms with Crippen molar-refractivity contribution in [3.63, 3.8) is 0 Å². The highest BCUT2D eigenvalue weighted by Gasteiger charge is 2.56. The van der Waals surface area contributed by atoms with E-state index in [2.05, 4.69) is 6.58 Å². The van der Waals surface area contributed by atoms with Crippen LogP contribution < -0.4 is 0 Å². The van der Waals surface area contributed by atoms with Gasteiger partial charge in [-0.05, 0) is 57.9 Å². The maximum atomic E-state index is 12.3. The van der Waals surface area contributed by atoms with Crippen LogP contribution in [0.5, 0.6) is 0 Å². The quantitative estimate of drug-likeness (QED) is 0.215. The van der Waals surface area contributed by atoms with Crippen molar-refractivity contribution in [2.45, 2.75) is 96.2 Å². The van der Waals surface area contributed by atoms with E-state index in [1.807, 2.05) is 32.9 Å². The first kappa shape index (κ1) is 23.5. The third-order valence-electron chi connectivity index (χ3n) is 6.74. The van der Waals surface area contributed by atoms with Gasteiger partial charge in [0.2, 0.25) is 0 Å². The molecule has 3 rings (SSSR count). The molecule has 3 aliphatic rings. The van der Waals surface area contributed by atoms with E-state index in [1.165, 1.54) is 13.8 Å². The monoisotopic (exact) mass is 434 g/mol. The predicted molar refractivity (Wildman–Crippen MR) is 113 cm³/mol. The Morgan fingerprint density at radius 2 is 1.94 bits per heavy atom. The lowest BCUT2D eigenvalue weighted by molar-refractivity contribution is -0.165. The van der Waals surface area contributed by atoms with Gasteiger partial charge in [-0.3, -0.25) is 9.59 Å². The fourth-order valence-electron chi connectivity index (χ4n) is 4.88. The third kappa shape index (κ3) is 5.37. The Bertz CT molecular complexity index is 787. The first-order valence-electron chi connectivity index (χ1n) is 11.1. The Hall–Kier alpha value is -2.15. The van der Waals surface area contributed by atoms with E-state index in [-0.39, 0.29) is 29.5 Å².